The van der Waals surface area contributed by atoms with Gasteiger partial charge in [-0.05, 0) is 44.0 Å². The molecular weight excluding hydrogens is 456 g/mol. The minimum Gasteiger partial charge on any atom is -0.492 e. The van der Waals surface area contributed by atoms with Crippen LogP contribution in [0.5, 0.6) is 11.5 Å². The van der Waals surface area contributed by atoms with Gasteiger partial charge in [0.15, 0.2) is 0 Å². The molecule has 3 N–H and O–H groups in total. The Morgan fingerprint density at radius 3 is 2.22 bits per heavy atom. The van der Waals surface area contributed by atoms with Gasteiger partial charge in [0.2, 0.25) is 5.91 Å². The quantitative estimate of drug-likeness (QED) is 0.441. The second-order valence-electron chi connectivity index (χ2n) is 7.30. The highest BCUT2D eigenvalue weighted by Crippen LogP contribution is 2.32. The largest absolute Gasteiger partial charge is 0.492 e. The van der Waals surface area contributed by atoms with Crippen molar-refractivity contribution in [1.82, 2.24) is 0 Å². The van der Waals surface area contributed by atoms with E-state index in [1.807, 2.05) is 13.8 Å². The van der Waals surface area contributed by atoms with Gasteiger partial charge in [0.25, 0.3) is 10.0 Å². The lowest BCUT2D eigenvalue weighted by molar-refractivity contribution is -0.122. The molecule has 0 aliphatic carbocycles. The van der Waals surface area contributed by atoms with E-state index in [9.17, 15) is 18.3 Å². The van der Waals surface area contributed by atoms with Gasteiger partial charge in [-0.2, -0.15) is 0 Å². The van der Waals surface area contributed by atoms with Crippen LogP contribution in [-0.4, -0.2) is 39.3 Å². The van der Waals surface area contributed by atoms with E-state index in [1.54, 1.807) is 19.9 Å². The molecule has 0 saturated heterocycles. The van der Waals surface area contributed by atoms with Gasteiger partial charge in [0, 0.05) is 17.8 Å². The van der Waals surface area contributed by atoms with Crippen molar-refractivity contribution in [2.75, 3.05) is 29.9 Å². The zero-order valence-corrected chi connectivity index (χ0v) is 20.1. The van der Waals surface area contributed by atoms with Gasteiger partial charge in [-0.15, -0.1) is 0 Å². The summed E-state index contributed by atoms with van der Waals surface area (Å²) in [4.78, 5) is 12.3. The van der Waals surface area contributed by atoms with E-state index in [-0.39, 0.29) is 41.4 Å². The Labute approximate surface area is 193 Å². The summed E-state index contributed by atoms with van der Waals surface area (Å²) in [5.74, 6) is -0.553. The lowest BCUT2D eigenvalue weighted by Gasteiger charge is -2.19. The number of nitrogens with one attached hydrogen (secondary N) is 2. The molecular formula is C22H29ClN2O6S. The number of halogens is 1. The van der Waals surface area contributed by atoms with Crippen molar-refractivity contribution in [3.05, 3.63) is 41.4 Å². The number of amides is 1. The van der Waals surface area contributed by atoms with E-state index in [1.165, 1.54) is 30.3 Å². The fraction of sp³-hybridized carbons (Fsp3) is 0.409. The van der Waals surface area contributed by atoms with E-state index < -0.39 is 15.9 Å². The minimum atomic E-state index is -4.02. The summed E-state index contributed by atoms with van der Waals surface area (Å²) in [6.07, 6.45) is 0. The van der Waals surface area contributed by atoms with Crippen molar-refractivity contribution in [3.63, 3.8) is 0 Å². The van der Waals surface area contributed by atoms with Crippen LogP contribution in [-0.2, 0) is 14.8 Å². The molecule has 1 atom stereocenters. The number of sulfonamides is 1. The standard InChI is InChI=1S/C22H29ClN2O6S/c1-5-30-19-12-16(7-9-18(19)23)25-32(28,29)21-10-8-15(11-20(21)31-6-2)24-22(27)17(13-26)14(3)4/h7-12,14,17,25-26H,5-6,13H2,1-4H3,(H,24,27)/t17-/m0/s1. The van der Waals surface area contributed by atoms with Crippen molar-refractivity contribution < 1.29 is 27.8 Å². The minimum absolute atomic E-state index is 0.0591. The van der Waals surface area contributed by atoms with Gasteiger partial charge in [0.1, 0.15) is 16.4 Å². The van der Waals surface area contributed by atoms with Crippen molar-refractivity contribution in [1.29, 1.82) is 0 Å². The topological polar surface area (TPSA) is 114 Å². The van der Waals surface area contributed by atoms with Crippen LogP contribution in [0.1, 0.15) is 27.7 Å². The van der Waals surface area contributed by atoms with E-state index in [4.69, 9.17) is 21.1 Å². The molecule has 2 aromatic rings. The molecule has 2 aromatic carbocycles. The monoisotopic (exact) mass is 484 g/mol. The average molecular weight is 485 g/mol. The number of ether oxygens (including phenoxy) is 2. The maximum atomic E-state index is 13.0. The van der Waals surface area contributed by atoms with Crippen LogP contribution in [0, 0.1) is 11.8 Å². The molecule has 0 aliphatic heterocycles. The number of aliphatic hydroxyl groups is 1. The first-order valence-corrected chi connectivity index (χ1v) is 12.1. The third kappa shape index (κ3) is 6.51. The lowest BCUT2D eigenvalue weighted by atomic mass is 9.96. The molecule has 0 bridgehead atoms. The van der Waals surface area contributed by atoms with E-state index >= 15 is 0 Å². The Bertz CT molecular complexity index is 1040. The molecule has 32 heavy (non-hydrogen) atoms. The molecule has 0 spiro atoms. The summed E-state index contributed by atoms with van der Waals surface area (Å²) in [5, 5.41) is 12.5. The summed E-state index contributed by atoms with van der Waals surface area (Å²) in [5.41, 5.74) is 0.641. The van der Waals surface area contributed by atoms with E-state index in [2.05, 4.69) is 10.0 Å². The smallest absolute Gasteiger partial charge is 0.265 e. The molecule has 0 heterocycles. The Hall–Kier alpha value is -2.49. The number of rotatable bonds is 11. The zero-order chi connectivity index (χ0) is 23.9. The van der Waals surface area contributed by atoms with Crippen LogP contribution >= 0.6 is 11.6 Å². The number of hydrogen-bond donors (Lipinski definition) is 3. The summed E-state index contributed by atoms with van der Waals surface area (Å²) in [6.45, 7) is 7.51. The molecule has 0 saturated carbocycles. The molecule has 0 aromatic heterocycles. The molecule has 0 radical (unpaired) electrons. The number of aliphatic hydroxyl groups excluding tert-OH is 1. The summed E-state index contributed by atoms with van der Waals surface area (Å²) in [6, 6.07) is 8.83. The second kappa shape index (κ2) is 11.4. The van der Waals surface area contributed by atoms with Crippen LogP contribution < -0.4 is 19.5 Å². The molecule has 1 amide bonds. The SMILES string of the molecule is CCOc1cc(NS(=O)(=O)c2ccc(NC(=O)[C@@H](CO)C(C)C)cc2OCC)ccc1Cl. The maximum absolute atomic E-state index is 13.0. The fourth-order valence-electron chi connectivity index (χ4n) is 2.95. The molecule has 2 rings (SSSR count). The van der Waals surface area contributed by atoms with Crippen molar-refractivity contribution in [2.45, 2.75) is 32.6 Å². The van der Waals surface area contributed by atoms with Crippen LogP contribution in [0.2, 0.25) is 5.02 Å². The van der Waals surface area contributed by atoms with Gasteiger partial charge in [0.05, 0.1) is 36.4 Å². The van der Waals surface area contributed by atoms with E-state index in [0.717, 1.165) is 0 Å². The summed E-state index contributed by atoms with van der Waals surface area (Å²) >= 11 is 6.07. The van der Waals surface area contributed by atoms with Crippen molar-refractivity contribution >= 4 is 38.9 Å². The molecule has 8 nitrogen and oxygen atoms in total. The third-order valence-electron chi connectivity index (χ3n) is 4.62. The Balaban J connectivity index is 2.33. The maximum Gasteiger partial charge on any atom is 0.265 e. The number of hydrogen-bond acceptors (Lipinski definition) is 6. The van der Waals surface area contributed by atoms with Gasteiger partial charge in [-0.3, -0.25) is 9.52 Å². The van der Waals surface area contributed by atoms with Crippen LogP contribution in [0.15, 0.2) is 41.3 Å². The fourth-order valence-corrected chi connectivity index (χ4v) is 4.30. The van der Waals surface area contributed by atoms with Crippen LogP contribution in [0.4, 0.5) is 11.4 Å². The summed E-state index contributed by atoms with van der Waals surface area (Å²) < 4.78 is 39.5. The predicted molar refractivity (Wildman–Crippen MR) is 125 cm³/mol. The highest BCUT2D eigenvalue weighted by molar-refractivity contribution is 7.92. The van der Waals surface area contributed by atoms with E-state index in [0.29, 0.717) is 23.1 Å². The van der Waals surface area contributed by atoms with Crippen LogP contribution in [0.3, 0.4) is 0 Å². The lowest BCUT2D eigenvalue weighted by Crippen LogP contribution is -2.29. The number of benzene rings is 2. The predicted octanol–water partition coefficient (Wildman–Crippen LogP) is 4.14. The molecule has 10 heteroatoms. The molecule has 0 aliphatic rings. The molecule has 0 unspecified atom stereocenters. The third-order valence-corrected chi connectivity index (χ3v) is 6.36. The number of anilines is 2. The van der Waals surface area contributed by atoms with Crippen molar-refractivity contribution in [2.24, 2.45) is 11.8 Å². The Kier molecular flexibility index (Phi) is 9.18. The first kappa shape index (κ1) is 25.8. The highest BCUT2D eigenvalue weighted by Gasteiger charge is 2.24. The Morgan fingerprint density at radius 2 is 1.62 bits per heavy atom. The normalized spacial score (nSPS) is 12.3. The van der Waals surface area contributed by atoms with Crippen molar-refractivity contribution in [3.8, 4) is 11.5 Å². The highest BCUT2D eigenvalue weighted by atomic mass is 35.5. The molecule has 176 valence electrons. The van der Waals surface area contributed by atoms with Gasteiger partial charge in [-0.1, -0.05) is 25.4 Å². The summed E-state index contributed by atoms with van der Waals surface area (Å²) in [7, 11) is -4.02. The number of carbonyl (C=O) groups is 1. The van der Waals surface area contributed by atoms with Crippen LogP contribution in [0.25, 0.3) is 0 Å². The average Bonchev–Trinajstić information content (AvgIpc) is 2.71. The Morgan fingerprint density at radius 1 is 1.03 bits per heavy atom. The van der Waals surface area contributed by atoms with Gasteiger partial charge in [-0.25, -0.2) is 8.42 Å². The molecule has 0 fully saturated rings. The number of carbonyl (C=O) groups excluding carboxylic acids is 1. The zero-order valence-electron chi connectivity index (χ0n) is 18.5. The second-order valence-corrected chi connectivity index (χ2v) is 9.36. The first-order valence-electron chi connectivity index (χ1n) is 10.3. The van der Waals surface area contributed by atoms with Gasteiger partial charge < -0.3 is 19.9 Å². The first-order chi connectivity index (χ1) is 15.1. The van der Waals surface area contributed by atoms with Gasteiger partial charge >= 0.3 is 0 Å².